The Morgan fingerprint density at radius 2 is 1.71 bits per heavy atom. The van der Waals surface area contributed by atoms with Crippen molar-refractivity contribution >= 4 is 0 Å². The molecular formula is C12H20O2. The molecule has 0 fully saturated rings. The first-order valence-corrected chi connectivity index (χ1v) is 5.22. The van der Waals surface area contributed by atoms with Gasteiger partial charge in [0, 0.05) is 6.61 Å². The summed E-state index contributed by atoms with van der Waals surface area (Å²) in [4.78, 5) is 0. The van der Waals surface area contributed by atoms with E-state index in [1.807, 2.05) is 44.2 Å². The lowest BCUT2D eigenvalue weighted by molar-refractivity contribution is 0.253. The summed E-state index contributed by atoms with van der Waals surface area (Å²) in [5.74, 6) is 0.899. The van der Waals surface area contributed by atoms with Crippen LogP contribution in [0.4, 0.5) is 0 Å². The van der Waals surface area contributed by atoms with Crippen LogP contribution in [-0.4, -0.2) is 18.3 Å². The average Bonchev–Trinajstić information content (AvgIpc) is 2.29. The van der Waals surface area contributed by atoms with E-state index in [1.54, 1.807) is 0 Å². The second-order valence-electron chi connectivity index (χ2n) is 2.59. The number of aliphatic hydroxyl groups excluding tert-OH is 1. The first kappa shape index (κ1) is 13.0. The van der Waals surface area contributed by atoms with Gasteiger partial charge in [0.05, 0.1) is 6.61 Å². The molecule has 1 N–H and O–H groups in total. The Labute approximate surface area is 86.5 Å². The number of ether oxygens (including phenoxy) is 1. The normalized spacial score (nSPS) is 8.79. The molecule has 2 heteroatoms. The molecule has 0 heterocycles. The second-order valence-corrected chi connectivity index (χ2v) is 2.59. The molecule has 0 unspecified atom stereocenters. The van der Waals surface area contributed by atoms with E-state index in [9.17, 15) is 0 Å². The van der Waals surface area contributed by atoms with Crippen molar-refractivity contribution in [1.29, 1.82) is 0 Å². The van der Waals surface area contributed by atoms with Crippen molar-refractivity contribution in [2.75, 3.05) is 13.2 Å². The largest absolute Gasteiger partial charge is 0.494 e. The molecule has 1 aromatic rings. The monoisotopic (exact) mass is 196 g/mol. The summed E-state index contributed by atoms with van der Waals surface area (Å²) in [7, 11) is 0. The van der Waals surface area contributed by atoms with Crippen molar-refractivity contribution in [3.8, 4) is 5.75 Å². The summed E-state index contributed by atoms with van der Waals surface area (Å²) in [6, 6.07) is 9.71. The lowest BCUT2D eigenvalue weighted by Crippen LogP contribution is -1.97. The number of hydrogen-bond acceptors (Lipinski definition) is 2. The molecule has 0 aliphatic rings. The van der Waals surface area contributed by atoms with Gasteiger partial charge in [0.15, 0.2) is 0 Å². The molecule has 0 aliphatic heterocycles. The van der Waals surface area contributed by atoms with E-state index in [1.165, 1.54) is 0 Å². The Morgan fingerprint density at radius 1 is 1.07 bits per heavy atom. The molecule has 14 heavy (non-hydrogen) atoms. The quantitative estimate of drug-likeness (QED) is 0.734. The van der Waals surface area contributed by atoms with Gasteiger partial charge in [0.25, 0.3) is 0 Å². The Morgan fingerprint density at radius 3 is 2.29 bits per heavy atom. The molecule has 1 aromatic carbocycles. The van der Waals surface area contributed by atoms with E-state index in [0.29, 0.717) is 6.61 Å². The average molecular weight is 196 g/mol. The predicted molar refractivity (Wildman–Crippen MR) is 59.6 cm³/mol. The SMILES string of the molecule is CC.OCCCCOc1ccccc1. The summed E-state index contributed by atoms with van der Waals surface area (Å²) in [5.41, 5.74) is 0. The van der Waals surface area contributed by atoms with Gasteiger partial charge in [-0.3, -0.25) is 0 Å². The van der Waals surface area contributed by atoms with Gasteiger partial charge < -0.3 is 9.84 Å². The molecule has 0 bridgehead atoms. The van der Waals surface area contributed by atoms with Crippen molar-refractivity contribution in [1.82, 2.24) is 0 Å². The minimum absolute atomic E-state index is 0.248. The third-order valence-electron chi connectivity index (χ3n) is 1.56. The Balaban J connectivity index is 0.000000791. The Hall–Kier alpha value is -1.02. The molecule has 0 saturated carbocycles. The molecule has 0 radical (unpaired) electrons. The number of aliphatic hydroxyl groups is 1. The van der Waals surface area contributed by atoms with Crippen molar-refractivity contribution in [2.45, 2.75) is 26.7 Å². The molecule has 1 rings (SSSR count). The maximum Gasteiger partial charge on any atom is 0.119 e. The zero-order chi connectivity index (χ0) is 10.6. The summed E-state index contributed by atoms with van der Waals surface area (Å²) in [5, 5.41) is 8.51. The lowest BCUT2D eigenvalue weighted by Gasteiger charge is -2.03. The highest BCUT2D eigenvalue weighted by atomic mass is 16.5. The zero-order valence-electron chi connectivity index (χ0n) is 9.07. The van der Waals surface area contributed by atoms with Gasteiger partial charge in [-0.1, -0.05) is 32.0 Å². The molecular weight excluding hydrogens is 176 g/mol. The third-order valence-corrected chi connectivity index (χ3v) is 1.56. The molecule has 0 spiro atoms. The van der Waals surface area contributed by atoms with Crippen LogP contribution in [0.25, 0.3) is 0 Å². The first-order valence-electron chi connectivity index (χ1n) is 5.22. The van der Waals surface area contributed by atoms with Crippen LogP contribution in [0.1, 0.15) is 26.7 Å². The minimum atomic E-state index is 0.248. The van der Waals surface area contributed by atoms with Crippen LogP contribution >= 0.6 is 0 Å². The van der Waals surface area contributed by atoms with Gasteiger partial charge in [0.1, 0.15) is 5.75 Å². The Kier molecular flexibility index (Phi) is 9.33. The fourth-order valence-corrected chi connectivity index (χ4v) is 0.921. The number of para-hydroxylation sites is 1. The highest BCUT2D eigenvalue weighted by Gasteiger charge is 1.90. The summed E-state index contributed by atoms with van der Waals surface area (Å²) in [6.45, 7) is 4.93. The highest BCUT2D eigenvalue weighted by Crippen LogP contribution is 2.08. The van der Waals surface area contributed by atoms with Gasteiger partial charge >= 0.3 is 0 Å². The van der Waals surface area contributed by atoms with E-state index >= 15 is 0 Å². The van der Waals surface area contributed by atoms with E-state index in [0.717, 1.165) is 18.6 Å². The van der Waals surface area contributed by atoms with E-state index < -0.39 is 0 Å². The number of rotatable bonds is 5. The van der Waals surface area contributed by atoms with Crippen LogP contribution in [0.2, 0.25) is 0 Å². The highest BCUT2D eigenvalue weighted by molar-refractivity contribution is 5.20. The summed E-state index contributed by atoms with van der Waals surface area (Å²) >= 11 is 0. The van der Waals surface area contributed by atoms with Crippen LogP contribution in [0.15, 0.2) is 30.3 Å². The predicted octanol–water partition coefficient (Wildman–Crippen LogP) is 2.86. The minimum Gasteiger partial charge on any atom is -0.494 e. The van der Waals surface area contributed by atoms with Crippen molar-refractivity contribution in [3.05, 3.63) is 30.3 Å². The van der Waals surface area contributed by atoms with Gasteiger partial charge in [0.2, 0.25) is 0 Å². The van der Waals surface area contributed by atoms with Crippen LogP contribution in [0.3, 0.4) is 0 Å². The molecule has 0 amide bonds. The smallest absolute Gasteiger partial charge is 0.119 e. The molecule has 0 saturated heterocycles. The topological polar surface area (TPSA) is 29.5 Å². The summed E-state index contributed by atoms with van der Waals surface area (Å²) in [6.07, 6.45) is 1.72. The van der Waals surface area contributed by atoms with Crippen molar-refractivity contribution in [2.24, 2.45) is 0 Å². The maximum atomic E-state index is 8.51. The summed E-state index contributed by atoms with van der Waals surface area (Å²) < 4.78 is 5.40. The molecule has 80 valence electrons. The molecule has 0 atom stereocenters. The van der Waals surface area contributed by atoms with Crippen LogP contribution < -0.4 is 4.74 Å². The molecule has 2 nitrogen and oxygen atoms in total. The molecule has 0 aromatic heterocycles. The van der Waals surface area contributed by atoms with Crippen LogP contribution in [0, 0.1) is 0 Å². The van der Waals surface area contributed by atoms with Gasteiger partial charge in [-0.05, 0) is 25.0 Å². The van der Waals surface area contributed by atoms with Gasteiger partial charge in [-0.25, -0.2) is 0 Å². The Bertz CT molecular complexity index is 197. The standard InChI is InChI=1S/C10H14O2.C2H6/c11-8-4-5-9-12-10-6-2-1-3-7-10;1-2/h1-3,6-7,11H,4-5,8-9H2;1-2H3. The van der Waals surface area contributed by atoms with Gasteiger partial charge in [-0.2, -0.15) is 0 Å². The second kappa shape index (κ2) is 10.1. The number of unbranched alkanes of at least 4 members (excludes halogenated alkanes) is 1. The first-order chi connectivity index (χ1) is 6.93. The third kappa shape index (κ3) is 6.49. The van der Waals surface area contributed by atoms with Crippen LogP contribution in [-0.2, 0) is 0 Å². The fraction of sp³-hybridized carbons (Fsp3) is 0.500. The van der Waals surface area contributed by atoms with Crippen molar-refractivity contribution < 1.29 is 9.84 Å². The van der Waals surface area contributed by atoms with Crippen LogP contribution in [0.5, 0.6) is 5.75 Å². The number of hydrogen-bond donors (Lipinski definition) is 1. The number of benzene rings is 1. The fourth-order valence-electron chi connectivity index (χ4n) is 0.921. The lowest BCUT2D eigenvalue weighted by atomic mass is 10.3. The van der Waals surface area contributed by atoms with E-state index in [2.05, 4.69) is 0 Å². The van der Waals surface area contributed by atoms with Crippen molar-refractivity contribution in [3.63, 3.8) is 0 Å². The zero-order valence-corrected chi connectivity index (χ0v) is 9.07. The van der Waals surface area contributed by atoms with E-state index in [-0.39, 0.29) is 6.61 Å². The van der Waals surface area contributed by atoms with Gasteiger partial charge in [-0.15, -0.1) is 0 Å². The maximum absolute atomic E-state index is 8.51. The molecule has 0 aliphatic carbocycles. The van der Waals surface area contributed by atoms with E-state index in [4.69, 9.17) is 9.84 Å².